The van der Waals surface area contributed by atoms with E-state index in [9.17, 15) is 9.90 Å². The fourth-order valence-electron chi connectivity index (χ4n) is 2.98. The third-order valence-corrected chi connectivity index (χ3v) is 4.61. The number of para-hydroxylation sites is 1. The van der Waals surface area contributed by atoms with Gasteiger partial charge in [-0.2, -0.15) is 5.10 Å². The van der Waals surface area contributed by atoms with E-state index >= 15 is 0 Å². The molecule has 6 heteroatoms. The van der Waals surface area contributed by atoms with Crippen molar-refractivity contribution in [2.24, 2.45) is 0 Å². The van der Waals surface area contributed by atoms with Crippen molar-refractivity contribution in [3.63, 3.8) is 0 Å². The van der Waals surface area contributed by atoms with Gasteiger partial charge < -0.3 is 10.4 Å². The Morgan fingerprint density at radius 2 is 1.91 bits per heavy atom. The zero-order chi connectivity index (χ0) is 16.4. The molecule has 1 amide bonds. The van der Waals surface area contributed by atoms with Crippen LogP contribution in [0.4, 0.5) is 0 Å². The van der Waals surface area contributed by atoms with Crippen molar-refractivity contribution >= 4 is 17.5 Å². The quantitative estimate of drug-likeness (QED) is 0.907. The summed E-state index contributed by atoms with van der Waals surface area (Å²) in [5, 5.41) is 17.3. The van der Waals surface area contributed by atoms with Gasteiger partial charge in [0.05, 0.1) is 23.0 Å². The number of aromatic nitrogens is 2. The van der Waals surface area contributed by atoms with Crippen LogP contribution in [0.1, 0.15) is 41.7 Å². The molecule has 1 aliphatic carbocycles. The molecule has 1 aromatic carbocycles. The summed E-state index contributed by atoms with van der Waals surface area (Å²) >= 11 is 6.40. The van der Waals surface area contributed by atoms with Crippen molar-refractivity contribution in [1.82, 2.24) is 15.1 Å². The maximum absolute atomic E-state index is 12.6. The highest BCUT2D eigenvalue weighted by Crippen LogP contribution is 2.25. The topological polar surface area (TPSA) is 67.2 Å². The first-order valence-electron chi connectivity index (χ1n) is 7.85. The lowest BCUT2D eigenvalue weighted by atomic mass is 9.93. The number of carbonyl (C=O) groups excluding carboxylic acids is 1. The molecule has 0 spiro atoms. The minimum atomic E-state index is -0.241. The van der Waals surface area contributed by atoms with Crippen LogP contribution in [-0.4, -0.2) is 32.9 Å². The number of aliphatic hydroxyl groups is 1. The number of carbonyl (C=O) groups is 1. The van der Waals surface area contributed by atoms with Crippen LogP contribution in [0.3, 0.4) is 0 Å². The average Bonchev–Trinajstić information content (AvgIpc) is 2.85. The number of aliphatic hydroxyl groups excluding tert-OH is 1. The molecule has 0 aliphatic heterocycles. The van der Waals surface area contributed by atoms with E-state index in [1.54, 1.807) is 11.6 Å². The van der Waals surface area contributed by atoms with E-state index in [4.69, 9.17) is 11.6 Å². The first-order chi connectivity index (χ1) is 11.1. The number of halogens is 1. The summed E-state index contributed by atoms with van der Waals surface area (Å²) in [5.41, 5.74) is 1.84. The second-order valence-electron chi connectivity index (χ2n) is 5.98. The Bertz CT molecular complexity index is 691. The maximum Gasteiger partial charge on any atom is 0.256 e. The van der Waals surface area contributed by atoms with Gasteiger partial charge in [0.2, 0.25) is 0 Å². The Kier molecular flexibility index (Phi) is 4.68. The third kappa shape index (κ3) is 3.41. The van der Waals surface area contributed by atoms with Gasteiger partial charge in [0.15, 0.2) is 0 Å². The Morgan fingerprint density at radius 1 is 1.26 bits per heavy atom. The summed E-state index contributed by atoms with van der Waals surface area (Å²) in [7, 11) is 0. The van der Waals surface area contributed by atoms with Gasteiger partial charge >= 0.3 is 0 Å². The molecule has 1 aromatic heterocycles. The summed E-state index contributed by atoms with van der Waals surface area (Å²) in [4.78, 5) is 12.6. The van der Waals surface area contributed by atoms with Crippen molar-refractivity contribution in [1.29, 1.82) is 0 Å². The molecule has 122 valence electrons. The van der Waals surface area contributed by atoms with Gasteiger partial charge in [0.25, 0.3) is 5.91 Å². The molecule has 0 bridgehead atoms. The Hall–Kier alpha value is -1.85. The molecule has 1 fully saturated rings. The molecular formula is C17H20ClN3O2. The number of nitrogens with one attached hydrogen (secondary N) is 1. The molecule has 1 aliphatic rings. The van der Waals surface area contributed by atoms with Crippen molar-refractivity contribution in [2.75, 3.05) is 0 Å². The minimum absolute atomic E-state index is 0.0847. The van der Waals surface area contributed by atoms with E-state index in [-0.39, 0.29) is 18.1 Å². The molecule has 0 radical (unpaired) electrons. The standard InChI is InChI=1S/C17H20ClN3O2/c1-11-15(17(23)19-12-7-9-14(22)10-8-12)16(18)21(20-11)13-5-3-2-4-6-13/h2-6,12,14,22H,7-10H2,1H3,(H,19,23). The molecule has 0 saturated heterocycles. The number of nitrogens with zero attached hydrogens (tertiary/aromatic N) is 2. The smallest absolute Gasteiger partial charge is 0.256 e. The van der Waals surface area contributed by atoms with E-state index in [2.05, 4.69) is 10.4 Å². The van der Waals surface area contributed by atoms with E-state index in [0.717, 1.165) is 31.4 Å². The lowest BCUT2D eigenvalue weighted by Crippen LogP contribution is -2.38. The largest absolute Gasteiger partial charge is 0.393 e. The second kappa shape index (κ2) is 6.72. The summed E-state index contributed by atoms with van der Waals surface area (Å²) in [5.74, 6) is -0.198. The zero-order valence-corrected chi connectivity index (χ0v) is 13.8. The van der Waals surface area contributed by atoms with Crippen LogP contribution in [0, 0.1) is 6.92 Å². The fraction of sp³-hybridized carbons (Fsp3) is 0.412. The Morgan fingerprint density at radius 3 is 2.57 bits per heavy atom. The monoisotopic (exact) mass is 333 g/mol. The van der Waals surface area contributed by atoms with Crippen molar-refractivity contribution in [3.8, 4) is 5.69 Å². The average molecular weight is 334 g/mol. The molecular weight excluding hydrogens is 314 g/mol. The van der Waals surface area contributed by atoms with Crippen molar-refractivity contribution in [2.45, 2.75) is 44.8 Å². The molecule has 5 nitrogen and oxygen atoms in total. The molecule has 2 N–H and O–H groups in total. The molecule has 2 aromatic rings. The van der Waals surface area contributed by atoms with E-state index in [1.807, 2.05) is 30.3 Å². The molecule has 3 rings (SSSR count). The van der Waals surface area contributed by atoms with Crippen LogP contribution in [0.15, 0.2) is 30.3 Å². The highest BCUT2D eigenvalue weighted by molar-refractivity contribution is 6.33. The number of aryl methyl sites for hydroxylation is 1. The Balaban J connectivity index is 1.80. The van der Waals surface area contributed by atoms with Gasteiger partial charge in [0.1, 0.15) is 5.15 Å². The van der Waals surface area contributed by atoms with Crippen LogP contribution in [0.5, 0.6) is 0 Å². The van der Waals surface area contributed by atoms with Gasteiger partial charge in [-0.3, -0.25) is 4.79 Å². The van der Waals surface area contributed by atoms with Gasteiger partial charge in [-0.1, -0.05) is 29.8 Å². The van der Waals surface area contributed by atoms with Crippen LogP contribution < -0.4 is 5.32 Å². The number of hydrogen-bond acceptors (Lipinski definition) is 3. The zero-order valence-electron chi connectivity index (χ0n) is 13.0. The molecule has 1 saturated carbocycles. The van der Waals surface area contributed by atoms with Crippen LogP contribution in [0.2, 0.25) is 5.15 Å². The first-order valence-corrected chi connectivity index (χ1v) is 8.23. The molecule has 0 atom stereocenters. The molecule has 0 unspecified atom stereocenters. The van der Waals surface area contributed by atoms with Gasteiger partial charge in [-0.25, -0.2) is 4.68 Å². The van der Waals surface area contributed by atoms with Crippen LogP contribution in [-0.2, 0) is 0 Å². The van der Waals surface area contributed by atoms with Gasteiger partial charge in [-0.05, 0) is 44.7 Å². The lowest BCUT2D eigenvalue weighted by Gasteiger charge is -2.26. The van der Waals surface area contributed by atoms with Gasteiger partial charge in [0, 0.05) is 6.04 Å². The van der Waals surface area contributed by atoms with E-state index in [1.165, 1.54) is 0 Å². The number of hydrogen-bond donors (Lipinski definition) is 2. The van der Waals surface area contributed by atoms with Crippen molar-refractivity contribution in [3.05, 3.63) is 46.7 Å². The SMILES string of the molecule is Cc1nn(-c2ccccc2)c(Cl)c1C(=O)NC1CCC(O)CC1. The van der Waals surface area contributed by atoms with Crippen molar-refractivity contribution < 1.29 is 9.90 Å². The second-order valence-corrected chi connectivity index (χ2v) is 6.34. The fourth-order valence-corrected chi connectivity index (χ4v) is 3.33. The number of benzene rings is 1. The Labute approximate surface area is 140 Å². The highest BCUT2D eigenvalue weighted by atomic mass is 35.5. The van der Waals surface area contributed by atoms with Gasteiger partial charge in [-0.15, -0.1) is 0 Å². The highest BCUT2D eigenvalue weighted by Gasteiger charge is 2.25. The third-order valence-electron chi connectivity index (χ3n) is 4.26. The predicted molar refractivity (Wildman–Crippen MR) is 89.0 cm³/mol. The number of amides is 1. The normalized spacial score (nSPS) is 21.2. The lowest BCUT2D eigenvalue weighted by molar-refractivity contribution is 0.0867. The summed E-state index contributed by atoms with van der Waals surface area (Å²) < 4.78 is 1.58. The molecule has 1 heterocycles. The van der Waals surface area contributed by atoms with Crippen LogP contribution in [0.25, 0.3) is 5.69 Å². The molecule has 23 heavy (non-hydrogen) atoms. The maximum atomic E-state index is 12.6. The summed E-state index contributed by atoms with van der Waals surface area (Å²) in [6.45, 7) is 1.78. The number of rotatable bonds is 3. The van der Waals surface area contributed by atoms with E-state index in [0.29, 0.717) is 16.4 Å². The van der Waals surface area contributed by atoms with Crippen LogP contribution >= 0.6 is 11.6 Å². The minimum Gasteiger partial charge on any atom is -0.393 e. The predicted octanol–water partition coefficient (Wildman–Crippen LogP) is 2.87. The van der Waals surface area contributed by atoms with E-state index < -0.39 is 0 Å². The summed E-state index contributed by atoms with van der Waals surface area (Å²) in [6, 6.07) is 9.58. The summed E-state index contributed by atoms with van der Waals surface area (Å²) in [6.07, 6.45) is 2.78. The first kappa shape index (κ1) is 16.0.